The van der Waals surface area contributed by atoms with E-state index in [1.807, 2.05) is 56.3 Å². The summed E-state index contributed by atoms with van der Waals surface area (Å²) in [5.41, 5.74) is 4.08. The Morgan fingerprint density at radius 1 is 0.950 bits per heavy atom. The standard InChI is InChI=1S/C8H10O.C8H8O.2Li/c2*1-7-2-4-8(6-9)5-3-7;;/h2-5,9H,6H2,1H3;2-4H,6H2,1H3;;/q;-2;2*+1. The van der Waals surface area contributed by atoms with Crippen molar-refractivity contribution in [2.45, 2.75) is 27.1 Å². The van der Waals surface area contributed by atoms with E-state index in [2.05, 4.69) is 6.07 Å². The summed E-state index contributed by atoms with van der Waals surface area (Å²) in [4.78, 5) is 0. The maximum absolute atomic E-state index is 10.2. The molecular formula is C16H18Li2O2. The number of aliphatic hydroxyl groups is 1. The van der Waals surface area contributed by atoms with Crippen LogP contribution in [0.4, 0.5) is 0 Å². The third-order valence-electron chi connectivity index (χ3n) is 2.49. The first-order valence-corrected chi connectivity index (χ1v) is 5.87. The molecule has 2 nitrogen and oxygen atoms in total. The normalized spacial score (nSPS) is 8.60. The summed E-state index contributed by atoms with van der Waals surface area (Å²) in [7, 11) is 0. The van der Waals surface area contributed by atoms with E-state index in [1.54, 1.807) is 0 Å². The van der Waals surface area contributed by atoms with Gasteiger partial charge in [0.2, 0.25) is 0 Å². The van der Waals surface area contributed by atoms with Crippen molar-refractivity contribution in [1.29, 1.82) is 0 Å². The van der Waals surface area contributed by atoms with Crippen molar-refractivity contribution < 1.29 is 47.9 Å². The van der Waals surface area contributed by atoms with Crippen molar-refractivity contribution in [2.75, 3.05) is 0 Å². The van der Waals surface area contributed by atoms with Crippen LogP contribution < -0.4 is 42.8 Å². The van der Waals surface area contributed by atoms with Gasteiger partial charge in [0, 0.05) is 0 Å². The van der Waals surface area contributed by atoms with Gasteiger partial charge in [-0.05, 0) is 12.5 Å². The molecule has 2 rings (SSSR count). The van der Waals surface area contributed by atoms with Crippen LogP contribution in [0, 0.1) is 19.9 Å². The largest absolute Gasteiger partial charge is 1.00 e. The van der Waals surface area contributed by atoms with Crippen molar-refractivity contribution in [1.82, 2.24) is 0 Å². The smallest absolute Gasteiger partial charge is 0.853 e. The molecule has 0 aromatic heterocycles. The van der Waals surface area contributed by atoms with Crippen LogP contribution in [0.5, 0.6) is 0 Å². The van der Waals surface area contributed by atoms with Crippen LogP contribution in [-0.2, 0) is 13.2 Å². The van der Waals surface area contributed by atoms with Gasteiger partial charge in [-0.2, -0.15) is 35.4 Å². The summed E-state index contributed by atoms with van der Waals surface area (Å²) in [6, 6.07) is 16.3. The van der Waals surface area contributed by atoms with E-state index in [-0.39, 0.29) is 50.9 Å². The van der Waals surface area contributed by atoms with E-state index in [0.717, 1.165) is 16.7 Å². The van der Waals surface area contributed by atoms with Gasteiger partial charge in [0.25, 0.3) is 0 Å². The summed E-state index contributed by atoms with van der Waals surface area (Å²) >= 11 is 0. The van der Waals surface area contributed by atoms with E-state index in [0.29, 0.717) is 0 Å². The van der Waals surface area contributed by atoms with Gasteiger partial charge in [-0.25, -0.2) is 0 Å². The molecule has 0 saturated carbocycles. The summed E-state index contributed by atoms with van der Waals surface area (Å²) in [6.45, 7) is 3.98. The molecule has 0 aliphatic carbocycles. The summed E-state index contributed by atoms with van der Waals surface area (Å²) in [6.07, 6.45) is 0. The fraction of sp³-hybridized carbons (Fsp3) is 0.250. The molecule has 0 atom stereocenters. The van der Waals surface area contributed by atoms with Crippen LogP contribution in [0.1, 0.15) is 22.3 Å². The van der Waals surface area contributed by atoms with Crippen LogP contribution >= 0.6 is 0 Å². The number of hydrogen-bond donors (Lipinski definition) is 1. The molecule has 4 heteroatoms. The van der Waals surface area contributed by atoms with Crippen LogP contribution in [-0.4, -0.2) is 5.11 Å². The quantitative estimate of drug-likeness (QED) is 0.442. The first kappa shape index (κ1) is 21.8. The van der Waals surface area contributed by atoms with Gasteiger partial charge >= 0.3 is 37.7 Å². The number of aryl methyl sites for hydroxylation is 2. The van der Waals surface area contributed by atoms with Crippen LogP contribution in [0.3, 0.4) is 0 Å². The van der Waals surface area contributed by atoms with Gasteiger partial charge < -0.3 is 10.2 Å². The molecule has 0 unspecified atom stereocenters. The Labute approximate surface area is 145 Å². The zero-order valence-electron chi connectivity index (χ0n) is 12.8. The van der Waals surface area contributed by atoms with Gasteiger partial charge in [0.15, 0.2) is 0 Å². The Morgan fingerprint density at radius 3 is 1.90 bits per heavy atom. The fourth-order valence-corrected chi connectivity index (χ4v) is 1.32. The molecule has 0 fully saturated rings. The van der Waals surface area contributed by atoms with Crippen molar-refractivity contribution in [2.24, 2.45) is 0 Å². The number of aliphatic hydroxyl groups excluding tert-OH is 1. The molecule has 0 amide bonds. The van der Waals surface area contributed by atoms with Crippen LogP contribution in [0.15, 0.2) is 42.5 Å². The van der Waals surface area contributed by atoms with Crippen LogP contribution in [0.2, 0.25) is 0 Å². The summed E-state index contributed by atoms with van der Waals surface area (Å²) in [5, 5.41) is 18.8. The predicted molar refractivity (Wildman–Crippen MR) is 70.8 cm³/mol. The monoisotopic (exact) mass is 256 g/mol. The maximum atomic E-state index is 10.2. The number of hydrogen-bond acceptors (Lipinski definition) is 2. The molecule has 2 aromatic rings. The van der Waals surface area contributed by atoms with Crippen molar-refractivity contribution >= 4 is 0 Å². The van der Waals surface area contributed by atoms with Gasteiger partial charge in [-0.15, -0.1) is 6.61 Å². The molecule has 0 radical (unpaired) electrons. The topological polar surface area (TPSA) is 43.3 Å². The zero-order valence-corrected chi connectivity index (χ0v) is 12.8. The molecule has 2 aromatic carbocycles. The molecule has 0 aliphatic heterocycles. The third-order valence-corrected chi connectivity index (χ3v) is 2.49. The van der Waals surface area contributed by atoms with E-state index >= 15 is 0 Å². The molecule has 0 aliphatic rings. The van der Waals surface area contributed by atoms with E-state index in [4.69, 9.17) is 5.11 Å². The number of benzene rings is 2. The molecule has 0 heterocycles. The Bertz CT molecular complexity index is 407. The maximum Gasteiger partial charge on any atom is 1.00 e. The SMILES string of the molecule is Cc1c[c-]c(C[O-])cc1.Cc1ccc(CO)cc1.[Li+].[Li+]. The molecule has 0 saturated heterocycles. The molecule has 0 spiro atoms. The average molecular weight is 256 g/mol. The first-order chi connectivity index (χ1) is 8.65. The fourth-order valence-electron chi connectivity index (χ4n) is 1.32. The van der Waals surface area contributed by atoms with Crippen molar-refractivity contribution in [3.63, 3.8) is 0 Å². The van der Waals surface area contributed by atoms with E-state index in [9.17, 15) is 5.11 Å². The average Bonchev–Trinajstić information content (AvgIpc) is 2.41. The minimum Gasteiger partial charge on any atom is -0.853 e. The summed E-state index contributed by atoms with van der Waals surface area (Å²) in [5.74, 6) is 0. The molecular weight excluding hydrogens is 238 g/mol. The minimum atomic E-state index is -0.166. The van der Waals surface area contributed by atoms with Crippen molar-refractivity contribution in [3.8, 4) is 0 Å². The second-order valence-corrected chi connectivity index (χ2v) is 4.18. The van der Waals surface area contributed by atoms with Crippen LogP contribution in [0.25, 0.3) is 0 Å². The second kappa shape index (κ2) is 12.3. The van der Waals surface area contributed by atoms with Gasteiger partial charge in [-0.1, -0.05) is 36.8 Å². The second-order valence-electron chi connectivity index (χ2n) is 4.18. The van der Waals surface area contributed by atoms with Crippen molar-refractivity contribution in [3.05, 3.63) is 70.8 Å². The van der Waals surface area contributed by atoms with E-state index < -0.39 is 0 Å². The van der Waals surface area contributed by atoms with Gasteiger partial charge in [0.1, 0.15) is 0 Å². The Balaban J connectivity index is 0. The Hall–Kier alpha value is -0.445. The number of rotatable bonds is 2. The van der Waals surface area contributed by atoms with Gasteiger partial charge in [0.05, 0.1) is 6.61 Å². The predicted octanol–water partition coefficient (Wildman–Crippen LogP) is -3.85. The summed E-state index contributed by atoms with van der Waals surface area (Å²) < 4.78 is 0. The molecule has 96 valence electrons. The van der Waals surface area contributed by atoms with Gasteiger partial charge in [-0.3, -0.25) is 0 Å². The molecule has 20 heavy (non-hydrogen) atoms. The Kier molecular flexibility index (Phi) is 13.4. The Morgan fingerprint density at radius 2 is 1.50 bits per heavy atom. The first-order valence-electron chi connectivity index (χ1n) is 5.87. The minimum absolute atomic E-state index is 0. The molecule has 0 bridgehead atoms. The van der Waals surface area contributed by atoms with E-state index in [1.165, 1.54) is 5.56 Å². The molecule has 1 N–H and O–H groups in total. The zero-order chi connectivity index (χ0) is 13.4. The third kappa shape index (κ3) is 8.67.